The van der Waals surface area contributed by atoms with Gasteiger partial charge in [0.05, 0.1) is 0 Å². The monoisotopic (exact) mass is 506 g/mol. The van der Waals surface area contributed by atoms with Crippen LogP contribution in [0.3, 0.4) is 0 Å². The second kappa shape index (κ2) is 9.27. The van der Waals surface area contributed by atoms with Gasteiger partial charge in [-0.3, -0.25) is 4.55 Å². The molecule has 0 aliphatic carbocycles. The number of benzene rings is 1. The van der Waals surface area contributed by atoms with E-state index < -0.39 is 10.1 Å². The van der Waals surface area contributed by atoms with Crippen LogP contribution in [0.1, 0.15) is 0 Å². The average molecular weight is 506 g/mol. The summed E-state index contributed by atoms with van der Waals surface area (Å²) in [5.41, 5.74) is 2.01. The summed E-state index contributed by atoms with van der Waals surface area (Å²) in [6.45, 7) is 0. The van der Waals surface area contributed by atoms with Gasteiger partial charge in [-0.25, -0.2) is 4.98 Å². The van der Waals surface area contributed by atoms with Crippen molar-refractivity contribution in [2.45, 2.75) is 5.03 Å². The second-order valence-electron chi connectivity index (χ2n) is 4.13. The molecule has 1 N–H and O–H groups in total. The van der Waals surface area contributed by atoms with E-state index in [1.807, 2.05) is 42.5 Å². The zero-order chi connectivity index (χ0) is 15.8. The standard InChI is InChI=1S/C11H8N.C5H5NO3S.Ir/c1-2-6-10(7-3-1)11-8-4-5-9-12-11;7-10(8,9)5-3-1-2-4-6-5;/h1-6,8-9H;1-4H,(H,7,8,9);/q-1;;. The van der Waals surface area contributed by atoms with Crippen LogP contribution in [0.15, 0.2) is 78.1 Å². The van der Waals surface area contributed by atoms with Gasteiger partial charge in [0.25, 0.3) is 0 Å². The van der Waals surface area contributed by atoms with E-state index in [0.29, 0.717) is 0 Å². The summed E-state index contributed by atoms with van der Waals surface area (Å²) in [6, 6.07) is 21.1. The third kappa shape index (κ3) is 6.38. The molecule has 0 unspecified atom stereocenters. The van der Waals surface area contributed by atoms with Gasteiger partial charge >= 0.3 is 10.1 Å². The van der Waals surface area contributed by atoms with Crippen molar-refractivity contribution in [3.8, 4) is 11.3 Å². The summed E-state index contributed by atoms with van der Waals surface area (Å²) in [5.74, 6) is 0. The Kier molecular flexibility index (Phi) is 7.71. The number of hydrogen-bond acceptors (Lipinski definition) is 4. The van der Waals surface area contributed by atoms with E-state index in [2.05, 4.69) is 16.0 Å². The molecule has 0 saturated heterocycles. The molecule has 0 spiro atoms. The van der Waals surface area contributed by atoms with Gasteiger partial charge in [0, 0.05) is 32.5 Å². The number of hydrogen-bond donors (Lipinski definition) is 1. The molecule has 0 aliphatic rings. The Morgan fingerprint density at radius 2 is 1.52 bits per heavy atom. The molecule has 0 bridgehead atoms. The van der Waals surface area contributed by atoms with E-state index in [1.165, 1.54) is 18.3 Å². The molecule has 0 atom stereocenters. The number of pyridine rings is 2. The van der Waals surface area contributed by atoms with Crippen molar-refractivity contribution in [2.24, 2.45) is 0 Å². The van der Waals surface area contributed by atoms with E-state index in [-0.39, 0.29) is 25.1 Å². The normalized spacial score (nSPS) is 9.96. The molecule has 7 heteroatoms. The van der Waals surface area contributed by atoms with E-state index in [0.717, 1.165) is 11.3 Å². The first-order valence-electron chi connectivity index (χ1n) is 6.34. The molecule has 23 heavy (non-hydrogen) atoms. The van der Waals surface area contributed by atoms with Gasteiger partial charge in [0.2, 0.25) is 0 Å². The minimum atomic E-state index is -4.11. The van der Waals surface area contributed by atoms with Crippen molar-refractivity contribution >= 4 is 10.1 Å². The SMILES string of the molecule is O=S(=O)(O)c1ccccn1.[Ir].[c-]1ccccc1-c1ccccn1. The predicted molar refractivity (Wildman–Crippen MR) is 82.6 cm³/mol. The Morgan fingerprint density at radius 1 is 0.870 bits per heavy atom. The quantitative estimate of drug-likeness (QED) is 0.428. The molecule has 1 aromatic carbocycles. The molecule has 1 radical (unpaired) electrons. The minimum absolute atomic E-state index is 0. The van der Waals surface area contributed by atoms with E-state index in [1.54, 1.807) is 12.3 Å². The fraction of sp³-hybridized carbons (Fsp3) is 0. The Balaban J connectivity index is 0.000000224. The van der Waals surface area contributed by atoms with Gasteiger partial charge in [-0.15, -0.1) is 35.9 Å². The third-order valence-corrected chi connectivity index (χ3v) is 3.32. The first kappa shape index (κ1) is 19.1. The van der Waals surface area contributed by atoms with E-state index in [4.69, 9.17) is 4.55 Å². The molecule has 5 nitrogen and oxygen atoms in total. The topological polar surface area (TPSA) is 80.2 Å². The smallest absolute Gasteiger partial charge is 0.305 e. The van der Waals surface area contributed by atoms with Crippen molar-refractivity contribution in [1.29, 1.82) is 0 Å². The summed E-state index contributed by atoms with van der Waals surface area (Å²) < 4.78 is 29.1. The Morgan fingerprint density at radius 3 is 1.96 bits per heavy atom. The van der Waals surface area contributed by atoms with Crippen LogP contribution >= 0.6 is 0 Å². The van der Waals surface area contributed by atoms with E-state index in [9.17, 15) is 8.42 Å². The molecule has 2 aromatic heterocycles. The molecular formula is C16H13IrN2O3S-. The van der Waals surface area contributed by atoms with Crippen molar-refractivity contribution in [3.05, 3.63) is 79.1 Å². The van der Waals surface area contributed by atoms with Crippen LogP contribution in [-0.4, -0.2) is 22.9 Å². The molecule has 121 valence electrons. The fourth-order valence-corrected chi connectivity index (χ4v) is 2.02. The summed E-state index contributed by atoms with van der Waals surface area (Å²) in [6.07, 6.45) is 3.08. The number of aromatic nitrogens is 2. The van der Waals surface area contributed by atoms with Gasteiger partial charge in [0.1, 0.15) is 0 Å². The molecule has 3 aromatic rings. The molecule has 0 amide bonds. The molecule has 0 aliphatic heterocycles. The molecule has 0 fully saturated rings. The maximum atomic E-state index is 10.3. The largest absolute Gasteiger partial charge is 0.312 e. The third-order valence-electron chi connectivity index (χ3n) is 2.55. The Labute approximate surface area is 148 Å². The minimum Gasteiger partial charge on any atom is -0.305 e. The van der Waals surface area contributed by atoms with Gasteiger partial charge in [-0.05, 0) is 23.9 Å². The zero-order valence-corrected chi connectivity index (χ0v) is 15.0. The average Bonchev–Trinajstić information content (AvgIpc) is 2.57. The predicted octanol–water partition coefficient (Wildman–Crippen LogP) is 2.87. The van der Waals surface area contributed by atoms with Crippen LogP contribution in [0.25, 0.3) is 11.3 Å². The summed E-state index contributed by atoms with van der Waals surface area (Å²) in [7, 11) is -4.11. The molecule has 3 rings (SSSR count). The van der Waals surface area contributed by atoms with Gasteiger partial charge in [-0.2, -0.15) is 8.42 Å². The molecule has 0 saturated carbocycles. The van der Waals surface area contributed by atoms with E-state index >= 15 is 0 Å². The first-order chi connectivity index (χ1) is 10.6. The van der Waals surface area contributed by atoms with Crippen LogP contribution in [0.5, 0.6) is 0 Å². The Hall–Kier alpha value is -1.92. The van der Waals surface area contributed by atoms with Crippen molar-refractivity contribution < 1.29 is 33.1 Å². The number of rotatable bonds is 2. The zero-order valence-electron chi connectivity index (χ0n) is 11.8. The summed E-state index contributed by atoms with van der Waals surface area (Å²) in [4.78, 5) is 7.63. The Bertz CT molecular complexity index is 761. The maximum absolute atomic E-state index is 10.3. The van der Waals surface area contributed by atoms with Gasteiger partial charge < -0.3 is 4.98 Å². The second-order valence-corrected chi connectivity index (χ2v) is 5.50. The van der Waals surface area contributed by atoms with Crippen molar-refractivity contribution in [2.75, 3.05) is 0 Å². The van der Waals surface area contributed by atoms with Crippen LogP contribution in [0.4, 0.5) is 0 Å². The summed E-state index contributed by atoms with van der Waals surface area (Å²) >= 11 is 0. The number of nitrogens with zero attached hydrogens (tertiary/aromatic N) is 2. The fourth-order valence-electron chi connectivity index (χ4n) is 1.57. The first-order valence-corrected chi connectivity index (χ1v) is 7.78. The van der Waals surface area contributed by atoms with Crippen LogP contribution in [-0.2, 0) is 30.2 Å². The van der Waals surface area contributed by atoms with Gasteiger partial charge in [-0.1, -0.05) is 18.2 Å². The van der Waals surface area contributed by atoms with Crippen molar-refractivity contribution in [3.63, 3.8) is 0 Å². The van der Waals surface area contributed by atoms with Crippen molar-refractivity contribution in [1.82, 2.24) is 9.97 Å². The van der Waals surface area contributed by atoms with Crippen LogP contribution in [0.2, 0.25) is 0 Å². The summed E-state index contributed by atoms with van der Waals surface area (Å²) in [5, 5.41) is -0.324. The van der Waals surface area contributed by atoms with Crippen LogP contribution in [0, 0.1) is 6.07 Å². The van der Waals surface area contributed by atoms with Gasteiger partial charge in [0.15, 0.2) is 5.03 Å². The van der Waals surface area contributed by atoms with Crippen LogP contribution < -0.4 is 0 Å². The maximum Gasteiger partial charge on any atom is 0.312 e. The molecular weight excluding hydrogens is 492 g/mol. The molecule has 2 heterocycles.